The van der Waals surface area contributed by atoms with Crippen molar-refractivity contribution in [3.8, 4) is 0 Å². The van der Waals surface area contributed by atoms with E-state index in [2.05, 4.69) is 35.9 Å². The van der Waals surface area contributed by atoms with Gasteiger partial charge in [-0.25, -0.2) is 0 Å². The summed E-state index contributed by atoms with van der Waals surface area (Å²) < 4.78 is 0. The van der Waals surface area contributed by atoms with E-state index in [4.69, 9.17) is 0 Å². The van der Waals surface area contributed by atoms with Crippen LogP contribution in [-0.4, -0.2) is 71.2 Å². The predicted molar refractivity (Wildman–Crippen MR) is 107 cm³/mol. The molecule has 0 spiro atoms. The first-order chi connectivity index (χ1) is 13.7. The van der Waals surface area contributed by atoms with Crippen molar-refractivity contribution in [3.05, 3.63) is 29.3 Å². The lowest BCUT2D eigenvalue weighted by molar-refractivity contribution is -0.136. The fourth-order valence-electron chi connectivity index (χ4n) is 4.29. The van der Waals surface area contributed by atoms with E-state index >= 15 is 0 Å². The molecule has 0 saturated carbocycles. The molecule has 3 heterocycles. The molecule has 1 atom stereocenters. The second kappa shape index (κ2) is 6.95. The van der Waals surface area contributed by atoms with Crippen LogP contribution in [0.3, 0.4) is 0 Å². The number of imide groups is 2. The molecule has 29 heavy (non-hydrogen) atoms. The lowest BCUT2D eigenvalue weighted by Crippen LogP contribution is -2.54. The Hall–Kier alpha value is -2.74. The largest absolute Gasteiger partial charge is 0.369 e. The molecule has 4 rings (SSSR count). The summed E-state index contributed by atoms with van der Waals surface area (Å²) in [6.07, 6.45) is 0.283. The highest BCUT2D eigenvalue weighted by atomic mass is 16.2. The predicted octanol–water partition coefficient (Wildman–Crippen LogP) is 1.01. The molecule has 8 nitrogen and oxygen atoms in total. The van der Waals surface area contributed by atoms with Crippen molar-refractivity contribution >= 4 is 29.3 Å². The molecule has 3 aliphatic heterocycles. The molecule has 2 saturated heterocycles. The summed E-state index contributed by atoms with van der Waals surface area (Å²) >= 11 is 0. The lowest BCUT2D eigenvalue weighted by atomic mass is 10.0. The number of hydrogen-bond donors (Lipinski definition) is 1. The zero-order valence-electron chi connectivity index (χ0n) is 17.0. The number of nitrogens with zero attached hydrogens (tertiary/aromatic N) is 3. The highest BCUT2D eigenvalue weighted by Gasteiger charge is 2.44. The van der Waals surface area contributed by atoms with Crippen molar-refractivity contribution in [1.29, 1.82) is 0 Å². The van der Waals surface area contributed by atoms with Gasteiger partial charge in [-0.1, -0.05) is 0 Å². The Balaban J connectivity index is 1.53. The Morgan fingerprint density at radius 3 is 2.21 bits per heavy atom. The molecule has 154 valence electrons. The highest BCUT2D eigenvalue weighted by Crippen LogP contribution is 2.31. The SMILES string of the molecule is CC(C)(C)N1CCN(c2ccc3c(c2)C(=O)N([C@H]2CCC(=O)NC2=O)C3=O)CC1. The maximum absolute atomic E-state index is 13.0. The molecule has 3 aliphatic rings. The average Bonchev–Trinajstić information content (AvgIpc) is 2.92. The second-order valence-electron chi connectivity index (χ2n) is 8.82. The van der Waals surface area contributed by atoms with Gasteiger partial charge in [-0.05, 0) is 45.4 Å². The van der Waals surface area contributed by atoms with Crippen LogP contribution in [-0.2, 0) is 9.59 Å². The molecule has 2 fully saturated rings. The zero-order chi connectivity index (χ0) is 20.9. The number of benzene rings is 1. The summed E-state index contributed by atoms with van der Waals surface area (Å²) in [7, 11) is 0. The number of amides is 4. The van der Waals surface area contributed by atoms with Crippen molar-refractivity contribution in [1.82, 2.24) is 15.1 Å². The van der Waals surface area contributed by atoms with Gasteiger partial charge in [0.25, 0.3) is 11.8 Å². The maximum Gasteiger partial charge on any atom is 0.262 e. The summed E-state index contributed by atoms with van der Waals surface area (Å²) in [4.78, 5) is 55.0. The van der Waals surface area contributed by atoms with E-state index < -0.39 is 23.8 Å². The van der Waals surface area contributed by atoms with Gasteiger partial charge in [0.2, 0.25) is 11.8 Å². The van der Waals surface area contributed by atoms with E-state index in [0.29, 0.717) is 11.1 Å². The molecular formula is C21H26N4O4. The molecule has 1 N–H and O–H groups in total. The third-order valence-corrected chi connectivity index (χ3v) is 6.02. The molecule has 4 amide bonds. The standard InChI is InChI=1S/C21H26N4O4/c1-21(2,3)24-10-8-23(9-11-24)13-4-5-14-15(12-13)20(29)25(19(14)28)16-6-7-17(26)22-18(16)27/h4-5,12,16H,6-11H2,1-3H3,(H,22,26,27)/t16-/m0/s1. The van der Waals surface area contributed by atoms with Crippen LogP contribution in [0.5, 0.6) is 0 Å². The Morgan fingerprint density at radius 2 is 1.59 bits per heavy atom. The number of carbonyl (C=O) groups is 4. The minimum absolute atomic E-state index is 0.118. The first-order valence-electron chi connectivity index (χ1n) is 10.0. The zero-order valence-corrected chi connectivity index (χ0v) is 17.0. The van der Waals surface area contributed by atoms with Gasteiger partial charge in [-0.15, -0.1) is 0 Å². The van der Waals surface area contributed by atoms with Crippen molar-refractivity contribution < 1.29 is 19.2 Å². The van der Waals surface area contributed by atoms with Gasteiger partial charge in [-0.3, -0.25) is 34.3 Å². The third-order valence-electron chi connectivity index (χ3n) is 6.02. The smallest absolute Gasteiger partial charge is 0.262 e. The number of rotatable bonds is 2. The number of fused-ring (bicyclic) bond motifs is 1. The van der Waals surface area contributed by atoms with Crippen LogP contribution in [0.1, 0.15) is 54.3 Å². The summed E-state index contributed by atoms with van der Waals surface area (Å²) in [6, 6.07) is 4.37. The average molecular weight is 398 g/mol. The minimum Gasteiger partial charge on any atom is -0.369 e. The maximum atomic E-state index is 13.0. The Labute approximate surface area is 169 Å². The molecule has 0 bridgehead atoms. The molecule has 0 radical (unpaired) electrons. The van der Waals surface area contributed by atoms with Crippen LogP contribution in [0, 0.1) is 0 Å². The van der Waals surface area contributed by atoms with E-state index in [1.165, 1.54) is 0 Å². The van der Waals surface area contributed by atoms with Crippen molar-refractivity contribution in [2.45, 2.75) is 45.2 Å². The van der Waals surface area contributed by atoms with Crippen LogP contribution in [0.25, 0.3) is 0 Å². The number of piperidine rings is 1. The molecule has 1 aromatic rings. The molecule has 0 aliphatic carbocycles. The molecular weight excluding hydrogens is 372 g/mol. The minimum atomic E-state index is -0.932. The number of piperazine rings is 1. The first kappa shape index (κ1) is 19.6. The normalized spacial score (nSPS) is 23.5. The van der Waals surface area contributed by atoms with Crippen LogP contribution in [0.15, 0.2) is 18.2 Å². The van der Waals surface area contributed by atoms with E-state index in [9.17, 15) is 19.2 Å². The van der Waals surface area contributed by atoms with Gasteiger partial charge < -0.3 is 4.90 Å². The van der Waals surface area contributed by atoms with Crippen LogP contribution in [0.4, 0.5) is 5.69 Å². The molecule has 8 heteroatoms. The Bertz CT molecular complexity index is 896. The van der Waals surface area contributed by atoms with Crippen molar-refractivity contribution in [2.75, 3.05) is 31.1 Å². The van der Waals surface area contributed by atoms with Crippen LogP contribution < -0.4 is 10.2 Å². The van der Waals surface area contributed by atoms with Gasteiger partial charge in [0.15, 0.2) is 0 Å². The second-order valence-corrected chi connectivity index (χ2v) is 8.82. The van der Waals surface area contributed by atoms with Gasteiger partial charge >= 0.3 is 0 Å². The van der Waals surface area contributed by atoms with E-state index in [1.807, 2.05) is 6.07 Å². The number of carbonyl (C=O) groups excluding carboxylic acids is 4. The van der Waals surface area contributed by atoms with Gasteiger partial charge in [0.05, 0.1) is 11.1 Å². The van der Waals surface area contributed by atoms with Gasteiger partial charge in [0.1, 0.15) is 6.04 Å². The highest BCUT2D eigenvalue weighted by molar-refractivity contribution is 6.23. The molecule has 0 unspecified atom stereocenters. The van der Waals surface area contributed by atoms with E-state index in [0.717, 1.165) is 36.8 Å². The summed E-state index contributed by atoms with van der Waals surface area (Å²) in [5.41, 5.74) is 1.67. The number of anilines is 1. The molecule has 0 aromatic heterocycles. The topological polar surface area (TPSA) is 90.0 Å². The Kier molecular flexibility index (Phi) is 4.69. The van der Waals surface area contributed by atoms with Crippen LogP contribution in [0.2, 0.25) is 0 Å². The van der Waals surface area contributed by atoms with Gasteiger partial charge in [0, 0.05) is 43.8 Å². The monoisotopic (exact) mass is 398 g/mol. The number of nitrogens with one attached hydrogen (secondary N) is 1. The van der Waals surface area contributed by atoms with Crippen LogP contribution >= 0.6 is 0 Å². The van der Waals surface area contributed by atoms with Crippen molar-refractivity contribution in [3.63, 3.8) is 0 Å². The van der Waals surface area contributed by atoms with E-state index in [-0.39, 0.29) is 24.3 Å². The summed E-state index contributed by atoms with van der Waals surface area (Å²) in [5.74, 6) is -1.90. The Morgan fingerprint density at radius 1 is 0.931 bits per heavy atom. The fourth-order valence-corrected chi connectivity index (χ4v) is 4.29. The van der Waals surface area contributed by atoms with Gasteiger partial charge in [-0.2, -0.15) is 0 Å². The number of hydrogen-bond acceptors (Lipinski definition) is 6. The molecule has 1 aromatic carbocycles. The van der Waals surface area contributed by atoms with E-state index in [1.54, 1.807) is 12.1 Å². The van der Waals surface area contributed by atoms with Crippen molar-refractivity contribution in [2.24, 2.45) is 0 Å². The summed E-state index contributed by atoms with van der Waals surface area (Å²) in [6.45, 7) is 10.1. The lowest BCUT2D eigenvalue weighted by Gasteiger charge is -2.43. The summed E-state index contributed by atoms with van der Waals surface area (Å²) in [5, 5.41) is 2.22. The first-order valence-corrected chi connectivity index (χ1v) is 10.0. The quantitative estimate of drug-likeness (QED) is 0.748. The fraction of sp³-hybridized carbons (Fsp3) is 0.524. The third kappa shape index (κ3) is 3.42.